The van der Waals surface area contributed by atoms with E-state index in [1.165, 1.54) is 0 Å². The Hall–Kier alpha value is -0.770. The minimum absolute atomic E-state index is 0.0810. The second-order valence-corrected chi connectivity index (χ2v) is 3.72. The Kier molecular flexibility index (Phi) is 1.49. The molecule has 4 heteroatoms. The highest BCUT2D eigenvalue weighted by molar-refractivity contribution is 8.17. The molecule has 2 aliphatic rings. The molecule has 0 saturated heterocycles. The number of nitrogens with zero attached hydrogens (tertiary/aromatic N) is 2. The lowest BCUT2D eigenvalue weighted by molar-refractivity contribution is -0.122. The fraction of sp³-hybridized carbons (Fsp3) is 0.429. The lowest BCUT2D eigenvalue weighted by Gasteiger charge is -2.20. The van der Waals surface area contributed by atoms with Crippen LogP contribution in [0.1, 0.15) is 6.92 Å². The summed E-state index contributed by atoms with van der Waals surface area (Å²) in [6, 6.07) is 0. The van der Waals surface area contributed by atoms with Crippen LogP contribution in [0.5, 0.6) is 0 Å². The smallest absolute Gasteiger partial charge is 0.253 e. The number of amidine groups is 1. The third-order valence-electron chi connectivity index (χ3n) is 1.65. The predicted molar refractivity (Wildman–Crippen MR) is 45.4 cm³/mol. The molecule has 0 spiro atoms. The number of aliphatic imine (C=N–C) groups is 1. The van der Waals surface area contributed by atoms with Gasteiger partial charge in [0.2, 0.25) is 0 Å². The van der Waals surface area contributed by atoms with Crippen molar-refractivity contribution in [3.05, 3.63) is 11.0 Å². The van der Waals surface area contributed by atoms with Crippen molar-refractivity contribution in [2.24, 2.45) is 4.99 Å². The van der Waals surface area contributed by atoms with Gasteiger partial charge in [-0.3, -0.25) is 14.7 Å². The van der Waals surface area contributed by atoms with E-state index in [0.717, 1.165) is 23.2 Å². The first-order chi connectivity index (χ1) is 5.27. The van der Waals surface area contributed by atoms with Crippen molar-refractivity contribution in [1.82, 2.24) is 4.90 Å². The van der Waals surface area contributed by atoms with Gasteiger partial charge < -0.3 is 0 Å². The summed E-state index contributed by atoms with van der Waals surface area (Å²) in [5.41, 5.74) is 0. The van der Waals surface area contributed by atoms with Crippen LogP contribution >= 0.6 is 11.8 Å². The van der Waals surface area contributed by atoms with Gasteiger partial charge in [0.05, 0.1) is 6.54 Å². The summed E-state index contributed by atoms with van der Waals surface area (Å²) in [6.45, 7) is 3.45. The molecule has 0 radical (unpaired) electrons. The molecule has 3 nitrogen and oxygen atoms in total. The van der Waals surface area contributed by atoms with E-state index in [2.05, 4.69) is 4.99 Å². The van der Waals surface area contributed by atoms with E-state index >= 15 is 0 Å². The zero-order chi connectivity index (χ0) is 7.84. The Morgan fingerprint density at radius 3 is 3.36 bits per heavy atom. The van der Waals surface area contributed by atoms with Crippen LogP contribution in [0.25, 0.3) is 0 Å². The molecule has 2 aliphatic heterocycles. The predicted octanol–water partition coefficient (Wildman–Crippen LogP) is 0.835. The van der Waals surface area contributed by atoms with Crippen molar-refractivity contribution in [3.8, 4) is 0 Å². The monoisotopic (exact) mass is 168 g/mol. The number of rotatable bonds is 0. The molecular formula is C7H8N2OS. The maximum atomic E-state index is 11.2. The van der Waals surface area contributed by atoms with Gasteiger partial charge in [0.25, 0.3) is 5.91 Å². The van der Waals surface area contributed by atoms with Gasteiger partial charge in [-0.2, -0.15) is 0 Å². The number of hydrogen-bond acceptors (Lipinski definition) is 3. The molecule has 0 bridgehead atoms. The van der Waals surface area contributed by atoms with Gasteiger partial charge in [-0.1, -0.05) is 11.8 Å². The summed E-state index contributed by atoms with van der Waals surface area (Å²) in [5, 5.41) is 0.870. The van der Waals surface area contributed by atoms with Crippen LogP contribution in [-0.2, 0) is 4.79 Å². The van der Waals surface area contributed by atoms with Gasteiger partial charge in [-0.15, -0.1) is 0 Å². The summed E-state index contributed by atoms with van der Waals surface area (Å²) >= 11 is 1.58. The van der Waals surface area contributed by atoms with E-state index in [0.29, 0.717) is 0 Å². The molecule has 11 heavy (non-hydrogen) atoms. The van der Waals surface area contributed by atoms with Gasteiger partial charge in [0, 0.05) is 12.6 Å². The Bertz CT molecular complexity index is 270. The molecule has 2 heterocycles. The average molecular weight is 168 g/mol. The van der Waals surface area contributed by atoms with Gasteiger partial charge >= 0.3 is 0 Å². The van der Waals surface area contributed by atoms with E-state index in [-0.39, 0.29) is 5.91 Å². The van der Waals surface area contributed by atoms with Crippen molar-refractivity contribution in [2.75, 3.05) is 13.1 Å². The molecule has 0 N–H and O–H groups in total. The molecule has 58 valence electrons. The molecule has 0 fully saturated rings. The highest BCUT2D eigenvalue weighted by Gasteiger charge is 2.26. The SMILES string of the molecule is CC1=CC(=O)N2CCN=C2S1. The molecule has 0 aromatic carbocycles. The molecule has 0 aromatic rings. The van der Waals surface area contributed by atoms with Gasteiger partial charge in [-0.05, 0) is 11.8 Å². The van der Waals surface area contributed by atoms with Crippen LogP contribution in [0.4, 0.5) is 0 Å². The number of amides is 1. The highest BCUT2D eigenvalue weighted by Crippen LogP contribution is 2.26. The first kappa shape index (κ1) is 6.91. The molecule has 1 amide bonds. The first-order valence-corrected chi connectivity index (χ1v) is 4.31. The van der Waals surface area contributed by atoms with Crippen LogP contribution in [0.15, 0.2) is 16.0 Å². The van der Waals surface area contributed by atoms with Crippen molar-refractivity contribution < 1.29 is 4.79 Å². The topological polar surface area (TPSA) is 32.7 Å². The third kappa shape index (κ3) is 1.07. The van der Waals surface area contributed by atoms with Gasteiger partial charge in [-0.25, -0.2) is 0 Å². The van der Waals surface area contributed by atoms with E-state index in [1.54, 1.807) is 22.7 Å². The van der Waals surface area contributed by atoms with E-state index in [1.807, 2.05) is 6.92 Å². The van der Waals surface area contributed by atoms with Crippen LogP contribution < -0.4 is 0 Å². The van der Waals surface area contributed by atoms with Gasteiger partial charge in [0.15, 0.2) is 5.17 Å². The van der Waals surface area contributed by atoms with Crippen molar-refractivity contribution in [1.29, 1.82) is 0 Å². The number of fused-ring (bicyclic) bond motifs is 1. The highest BCUT2D eigenvalue weighted by atomic mass is 32.2. The van der Waals surface area contributed by atoms with E-state index < -0.39 is 0 Å². The molecule has 0 aromatic heterocycles. The average Bonchev–Trinajstić information content (AvgIpc) is 2.34. The Morgan fingerprint density at radius 2 is 2.55 bits per heavy atom. The minimum atomic E-state index is 0.0810. The maximum absolute atomic E-state index is 11.2. The molecule has 0 atom stereocenters. The normalized spacial score (nSPS) is 23.0. The summed E-state index contributed by atoms with van der Waals surface area (Å²) in [6.07, 6.45) is 1.66. The second kappa shape index (κ2) is 2.37. The standard InChI is InChI=1S/C7H8N2OS/c1-5-4-6(10)9-3-2-8-7(9)11-5/h4H,2-3H2,1H3. The first-order valence-electron chi connectivity index (χ1n) is 3.49. The number of carbonyl (C=O) groups excluding carboxylic acids is 1. The maximum Gasteiger partial charge on any atom is 0.253 e. The van der Waals surface area contributed by atoms with E-state index in [9.17, 15) is 4.79 Å². The lowest BCUT2D eigenvalue weighted by Crippen LogP contribution is -2.33. The molecule has 0 saturated carbocycles. The van der Waals surface area contributed by atoms with Gasteiger partial charge in [0.1, 0.15) is 0 Å². The number of hydrogen-bond donors (Lipinski definition) is 0. The fourth-order valence-corrected chi connectivity index (χ4v) is 2.04. The van der Waals surface area contributed by atoms with Crippen molar-refractivity contribution >= 4 is 22.8 Å². The van der Waals surface area contributed by atoms with Crippen molar-refractivity contribution in [2.45, 2.75) is 6.92 Å². The summed E-state index contributed by atoms with van der Waals surface area (Å²) in [7, 11) is 0. The van der Waals surface area contributed by atoms with Crippen LogP contribution in [0, 0.1) is 0 Å². The Labute approximate surface area is 69.2 Å². The number of allylic oxidation sites excluding steroid dienone is 1. The summed E-state index contributed by atoms with van der Waals surface area (Å²) in [5.74, 6) is 0.0810. The largest absolute Gasteiger partial charge is 0.286 e. The number of carbonyl (C=O) groups is 1. The molecule has 2 rings (SSSR count). The summed E-state index contributed by atoms with van der Waals surface area (Å²) in [4.78, 5) is 18.2. The van der Waals surface area contributed by atoms with Crippen LogP contribution in [0.2, 0.25) is 0 Å². The molecular weight excluding hydrogens is 160 g/mol. The zero-order valence-corrected chi connectivity index (χ0v) is 7.02. The summed E-state index contributed by atoms with van der Waals surface area (Å²) < 4.78 is 0. The fourth-order valence-electron chi connectivity index (χ4n) is 1.14. The number of thioether (sulfide) groups is 1. The molecule has 0 unspecified atom stereocenters. The quantitative estimate of drug-likeness (QED) is 0.537. The Morgan fingerprint density at radius 1 is 1.73 bits per heavy atom. The second-order valence-electron chi connectivity index (χ2n) is 2.51. The third-order valence-corrected chi connectivity index (χ3v) is 2.62. The van der Waals surface area contributed by atoms with Crippen LogP contribution in [-0.4, -0.2) is 29.1 Å². The molecule has 0 aliphatic carbocycles. The zero-order valence-electron chi connectivity index (χ0n) is 6.20. The minimum Gasteiger partial charge on any atom is -0.286 e. The van der Waals surface area contributed by atoms with E-state index in [4.69, 9.17) is 0 Å². The lowest BCUT2D eigenvalue weighted by atomic mass is 10.4. The Balaban J connectivity index is 2.34. The van der Waals surface area contributed by atoms with Crippen molar-refractivity contribution in [3.63, 3.8) is 0 Å². The van der Waals surface area contributed by atoms with Crippen LogP contribution in [0.3, 0.4) is 0 Å².